The van der Waals surface area contributed by atoms with Crippen LogP contribution in [0.2, 0.25) is 5.02 Å². The summed E-state index contributed by atoms with van der Waals surface area (Å²) in [5.74, 6) is 0.390. The number of piperazine rings is 1. The van der Waals surface area contributed by atoms with Gasteiger partial charge in [0.25, 0.3) is 0 Å². The van der Waals surface area contributed by atoms with Gasteiger partial charge in [0.2, 0.25) is 11.8 Å². The van der Waals surface area contributed by atoms with E-state index in [1.165, 1.54) is 24.6 Å². The zero-order valence-electron chi connectivity index (χ0n) is 20.4. The number of carbonyl (C=O) groups excluding carboxylic acids is 3. The molecule has 3 fully saturated rings. The van der Waals surface area contributed by atoms with Crippen molar-refractivity contribution in [3.05, 3.63) is 28.3 Å². The number of benzene rings is 1. The molecular weight excluding hydrogens is 470 g/mol. The summed E-state index contributed by atoms with van der Waals surface area (Å²) in [5.41, 5.74) is 2.85. The molecule has 2 amide bonds. The van der Waals surface area contributed by atoms with Crippen molar-refractivity contribution in [1.82, 2.24) is 9.80 Å². The summed E-state index contributed by atoms with van der Waals surface area (Å²) in [6, 6.07) is 3.98. The fourth-order valence-electron chi connectivity index (χ4n) is 5.53. The van der Waals surface area contributed by atoms with Gasteiger partial charge >= 0.3 is 0 Å². The van der Waals surface area contributed by atoms with Crippen molar-refractivity contribution in [2.45, 2.75) is 77.1 Å². The third-order valence-electron chi connectivity index (χ3n) is 7.70. The van der Waals surface area contributed by atoms with Gasteiger partial charge in [-0.15, -0.1) is 0 Å². The maximum absolute atomic E-state index is 12.9. The maximum atomic E-state index is 12.9. The molecule has 186 valence electrons. The lowest BCUT2D eigenvalue weighted by Crippen LogP contribution is -2.54. The number of carbonyl (C=O) groups is 3. The van der Waals surface area contributed by atoms with Crippen LogP contribution in [-0.2, 0) is 20.9 Å². The van der Waals surface area contributed by atoms with Crippen LogP contribution in [0.15, 0.2) is 12.1 Å². The Kier molecular flexibility index (Phi) is 8.26. The predicted molar refractivity (Wildman–Crippen MR) is 138 cm³/mol. The first kappa shape index (κ1) is 25.5. The van der Waals surface area contributed by atoms with Gasteiger partial charge < -0.3 is 10.2 Å². The smallest absolute Gasteiger partial charge is 0.228 e. The van der Waals surface area contributed by atoms with Gasteiger partial charge in [0.05, 0.1) is 5.92 Å². The first-order valence-electron chi connectivity index (χ1n) is 12.5. The summed E-state index contributed by atoms with van der Waals surface area (Å²) in [4.78, 5) is 41.7. The Labute approximate surface area is 212 Å². The van der Waals surface area contributed by atoms with Crippen molar-refractivity contribution in [1.29, 1.82) is 0 Å². The zero-order valence-corrected chi connectivity index (χ0v) is 22.0. The molecule has 0 bridgehead atoms. The quantitative estimate of drug-likeness (QED) is 0.597. The molecule has 2 saturated carbocycles. The molecule has 1 aromatic carbocycles. The maximum Gasteiger partial charge on any atom is 0.228 e. The molecule has 1 heterocycles. The van der Waals surface area contributed by atoms with Gasteiger partial charge in [0.1, 0.15) is 0 Å². The molecule has 4 rings (SSSR count). The summed E-state index contributed by atoms with van der Waals surface area (Å²) < 4.78 is 0. The van der Waals surface area contributed by atoms with E-state index in [1.54, 1.807) is 6.92 Å². The van der Waals surface area contributed by atoms with Gasteiger partial charge in [0, 0.05) is 61.0 Å². The van der Waals surface area contributed by atoms with Gasteiger partial charge in [-0.3, -0.25) is 19.3 Å². The molecule has 34 heavy (non-hydrogen) atoms. The number of thioether (sulfide) groups is 1. The Hall–Kier alpha value is -1.57. The Morgan fingerprint density at radius 3 is 2.47 bits per heavy atom. The normalized spacial score (nSPS) is 25.8. The van der Waals surface area contributed by atoms with E-state index in [0.717, 1.165) is 68.7 Å². The molecule has 3 aliphatic rings. The number of hydrogen-bond donors (Lipinski definition) is 1. The standard InChI is InChI=1S/C26H36ClN3O3S/c1-16-14-29(10-11-30(16)26(33)19-6-4-5-7-19)15-20-12-21(27)13-23(17(20)2)28-25(32)22-8-9-24(22)34-18(3)31/h12-13,16,19,22,24H,4-11,14-15H2,1-3H3,(H,28,32)/t16-,22?,24?/m0/s1. The van der Waals surface area contributed by atoms with Crippen LogP contribution in [-0.4, -0.2) is 57.7 Å². The Bertz CT molecular complexity index is 949. The van der Waals surface area contributed by atoms with E-state index in [9.17, 15) is 14.4 Å². The SMILES string of the molecule is CC(=O)SC1CCC1C(=O)Nc1cc(Cl)cc(CN2CCN(C(=O)C3CCCC3)[C@@H](C)C2)c1C. The van der Waals surface area contributed by atoms with Crippen LogP contribution in [0.5, 0.6) is 0 Å². The first-order valence-corrected chi connectivity index (χ1v) is 13.8. The van der Waals surface area contributed by atoms with Crippen LogP contribution in [0.3, 0.4) is 0 Å². The van der Waals surface area contributed by atoms with Gasteiger partial charge in [-0.1, -0.05) is 36.2 Å². The molecule has 1 aliphatic heterocycles. The number of rotatable bonds is 6. The lowest BCUT2D eigenvalue weighted by Gasteiger charge is -2.41. The molecule has 1 saturated heterocycles. The summed E-state index contributed by atoms with van der Waals surface area (Å²) in [7, 11) is 0. The Morgan fingerprint density at radius 1 is 1.12 bits per heavy atom. The topological polar surface area (TPSA) is 69.7 Å². The third-order valence-corrected chi connectivity index (χ3v) is 9.11. The number of amides is 2. The molecule has 0 radical (unpaired) electrons. The summed E-state index contributed by atoms with van der Waals surface area (Å²) in [6.07, 6.45) is 6.14. The number of anilines is 1. The van der Waals surface area contributed by atoms with Crippen LogP contribution >= 0.6 is 23.4 Å². The lowest BCUT2D eigenvalue weighted by atomic mass is 9.84. The average Bonchev–Trinajstić information content (AvgIpc) is 3.29. The molecule has 8 heteroatoms. The number of hydrogen-bond acceptors (Lipinski definition) is 5. The number of nitrogens with zero attached hydrogens (tertiary/aromatic N) is 2. The number of nitrogens with one attached hydrogen (secondary N) is 1. The van der Waals surface area contributed by atoms with E-state index in [0.29, 0.717) is 10.9 Å². The van der Waals surface area contributed by atoms with Crippen molar-refractivity contribution in [2.24, 2.45) is 11.8 Å². The fourth-order valence-corrected chi connectivity index (χ4v) is 6.88. The lowest BCUT2D eigenvalue weighted by molar-refractivity contribution is -0.140. The van der Waals surface area contributed by atoms with Gasteiger partial charge in [0.15, 0.2) is 5.12 Å². The highest BCUT2D eigenvalue weighted by atomic mass is 35.5. The van der Waals surface area contributed by atoms with Crippen LogP contribution in [0.4, 0.5) is 5.69 Å². The van der Waals surface area contributed by atoms with Gasteiger partial charge in [-0.05, 0) is 62.8 Å². The monoisotopic (exact) mass is 505 g/mol. The fraction of sp³-hybridized carbons (Fsp3) is 0.654. The van der Waals surface area contributed by atoms with E-state index in [-0.39, 0.29) is 34.2 Å². The molecule has 2 aliphatic carbocycles. The minimum Gasteiger partial charge on any atom is -0.337 e. The van der Waals surface area contributed by atoms with Crippen LogP contribution in [0.25, 0.3) is 0 Å². The molecule has 0 spiro atoms. The van der Waals surface area contributed by atoms with Crippen molar-refractivity contribution in [3.63, 3.8) is 0 Å². The molecule has 2 unspecified atom stereocenters. The predicted octanol–water partition coefficient (Wildman–Crippen LogP) is 4.87. The average molecular weight is 506 g/mol. The van der Waals surface area contributed by atoms with E-state index in [1.807, 2.05) is 19.1 Å². The van der Waals surface area contributed by atoms with E-state index >= 15 is 0 Å². The molecule has 1 aromatic rings. The second-order valence-electron chi connectivity index (χ2n) is 10.2. The number of halogens is 1. The van der Waals surface area contributed by atoms with Crippen LogP contribution < -0.4 is 5.32 Å². The summed E-state index contributed by atoms with van der Waals surface area (Å²) >= 11 is 7.71. The molecule has 3 atom stereocenters. The van der Waals surface area contributed by atoms with E-state index in [2.05, 4.69) is 22.0 Å². The molecule has 1 N–H and O–H groups in total. The van der Waals surface area contributed by atoms with Gasteiger partial charge in [-0.25, -0.2) is 0 Å². The van der Waals surface area contributed by atoms with Crippen LogP contribution in [0, 0.1) is 18.8 Å². The summed E-state index contributed by atoms with van der Waals surface area (Å²) in [5, 5.41) is 3.80. The second-order valence-corrected chi connectivity index (χ2v) is 12.0. The first-order chi connectivity index (χ1) is 16.2. The molecule has 6 nitrogen and oxygen atoms in total. The highest BCUT2D eigenvalue weighted by Gasteiger charge is 2.38. The highest BCUT2D eigenvalue weighted by Crippen LogP contribution is 2.39. The largest absolute Gasteiger partial charge is 0.337 e. The van der Waals surface area contributed by atoms with Crippen molar-refractivity contribution >= 4 is 46.0 Å². The Balaban J connectivity index is 1.38. The zero-order chi connectivity index (χ0) is 24.4. The molecular formula is C26H36ClN3O3S. The second kappa shape index (κ2) is 11.0. The van der Waals surface area contributed by atoms with Crippen molar-refractivity contribution in [2.75, 3.05) is 25.0 Å². The summed E-state index contributed by atoms with van der Waals surface area (Å²) in [6.45, 7) is 8.88. The third kappa shape index (κ3) is 5.80. The van der Waals surface area contributed by atoms with Crippen molar-refractivity contribution in [3.8, 4) is 0 Å². The van der Waals surface area contributed by atoms with E-state index in [4.69, 9.17) is 11.6 Å². The minimum atomic E-state index is -0.137. The highest BCUT2D eigenvalue weighted by molar-refractivity contribution is 8.14. The van der Waals surface area contributed by atoms with Crippen molar-refractivity contribution < 1.29 is 14.4 Å². The van der Waals surface area contributed by atoms with E-state index < -0.39 is 0 Å². The minimum absolute atomic E-state index is 0.0334. The van der Waals surface area contributed by atoms with Gasteiger partial charge in [-0.2, -0.15) is 0 Å². The Morgan fingerprint density at radius 2 is 1.85 bits per heavy atom. The van der Waals surface area contributed by atoms with Crippen LogP contribution in [0.1, 0.15) is 63.5 Å². The molecule has 0 aromatic heterocycles.